The predicted molar refractivity (Wildman–Crippen MR) is 17.2 cm³/mol. The molecule has 4 heavy (non-hydrogen) atoms. The summed E-state index contributed by atoms with van der Waals surface area (Å²) < 4.78 is 16.6. The van der Waals surface area contributed by atoms with E-state index in [-0.39, 0.29) is 14.9 Å². The van der Waals surface area contributed by atoms with Crippen molar-refractivity contribution in [2.24, 2.45) is 0 Å². The van der Waals surface area contributed by atoms with E-state index in [9.17, 15) is 0 Å². The van der Waals surface area contributed by atoms with Gasteiger partial charge in [-0.2, -0.15) is 0 Å². The molecular weight excluding hydrogens is 96.1 g/mol. The Balaban J connectivity index is -0.0000000200. The molecule has 0 rings (SSSR count). The van der Waals surface area contributed by atoms with Gasteiger partial charge in [0.15, 0.2) is 0 Å². The molecule has 0 bridgehead atoms. The fourth-order valence-electron chi connectivity index (χ4n) is 0. The van der Waals surface area contributed by atoms with Crippen molar-refractivity contribution in [2.45, 2.75) is 0 Å². The Morgan fingerprint density at radius 1 is 1.50 bits per heavy atom. The molecule has 0 saturated carbocycles. The molecule has 0 radical (unpaired) electrons. The second-order valence-corrected chi connectivity index (χ2v) is 0.204. The molecule has 0 spiro atoms. The molecule has 0 unspecified atom stereocenters. The van der Waals surface area contributed by atoms with Gasteiger partial charge in [-0.3, -0.25) is 0 Å². The van der Waals surface area contributed by atoms with Crippen LogP contribution >= 0.6 is 0 Å². The van der Waals surface area contributed by atoms with E-state index in [1.54, 1.807) is 0 Å². The van der Waals surface area contributed by atoms with Gasteiger partial charge >= 0.3 is 21.4 Å². The van der Waals surface area contributed by atoms with Gasteiger partial charge in [-0.05, 0) is 0 Å². The van der Waals surface area contributed by atoms with Crippen LogP contribution in [0.3, 0.4) is 0 Å². The van der Waals surface area contributed by atoms with E-state index < -0.39 is 11.6 Å². The summed E-state index contributed by atoms with van der Waals surface area (Å²) in [5.74, 6) is 0. The Bertz CT molecular complexity index is 28.6. The number of hydrogen-bond donors (Lipinski definition) is 0. The van der Waals surface area contributed by atoms with Crippen molar-refractivity contribution < 1.29 is 9.84 Å². The quantitative estimate of drug-likeness (QED) is 0.422. The van der Waals surface area contributed by atoms with E-state index in [1.807, 2.05) is 0 Å². The van der Waals surface area contributed by atoms with Crippen molar-refractivity contribution in [3.05, 3.63) is 0 Å². The Labute approximate surface area is 35.7 Å². The van der Waals surface area contributed by atoms with Crippen LogP contribution in [0.4, 0.5) is 0 Å². The molecule has 0 aliphatic heterocycles. The third-order valence-corrected chi connectivity index (χ3v) is 0. The minimum atomic E-state index is -0.750. The Hall–Kier alpha value is 0.300. The van der Waals surface area contributed by atoms with Gasteiger partial charge in [-0.1, -0.05) is 0 Å². The summed E-state index contributed by atoms with van der Waals surface area (Å²) in [6.45, 7) is 0. The zero-order valence-corrected chi connectivity index (χ0v) is 3.27. The summed E-state index contributed by atoms with van der Waals surface area (Å²) in [4.78, 5) is 0. The summed E-state index contributed by atoms with van der Waals surface area (Å²) >= 11 is -0.750. The Morgan fingerprint density at radius 2 is 1.50 bits per heavy atom. The largest absolute Gasteiger partial charge is 2.00 e. The molecular formula is HO2S2+. The fourth-order valence-corrected chi connectivity index (χ4v) is 0. The minimum Gasteiger partial charge on any atom is -2.00 e. The molecule has 24 valence electrons. The standard InChI is InChI=1S/O2S.S/c1-3-2;/q+2;-2/p+1. The van der Waals surface area contributed by atoms with Crippen molar-refractivity contribution in [3.8, 4) is 0 Å². The monoisotopic (exact) mass is 96.9 g/mol. The number of rotatable bonds is 0. The van der Waals surface area contributed by atoms with Crippen LogP contribution in [0.2, 0.25) is 0 Å². The zero-order chi connectivity index (χ0) is 2.71. The third kappa shape index (κ3) is 43.2. The van der Waals surface area contributed by atoms with E-state index in [2.05, 4.69) is 0 Å². The second-order valence-electron chi connectivity index (χ2n) is 0.0680. The predicted octanol–water partition coefficient (Wildman–Crippen LogP) is -0.130. The molecule has 0 heterocycles. The van der Waals surface area contributed by atoms with Crippen LogP contribution in [-0.2, 0) is 33.5 Å². The van der Waals surface area contributed by atoms with Gasteiger partial charge in [-0.15, -0.1) is 0 Å². The summed E-state index contributed by atoms with van der Waals surface area (Å²) in [5.41, 5.74) is 0. The van der Waals surface area contributed by atoms with E-state index in [1.165, 1.54) is 0 Å². The first-order valence-corrected chi connectivity index (χ1v) is 1.00. The SMILES string of the molecule is O=[S+2]=O.[H+].[S-2]. The van der Waals surface area contributed by atoms with E-state index in [4.69, 9.17) is 8.42 Å². The maximum atomic E-state index is 8.29. The van der Waals surface area contributed by atoms with Gasteiger partial charge in [0, 0.05) is 0 Å². The smallest absolute Gasteiger partial charge is 1.00 e. The van der Waals surface area contributed by atoms with E-state index in [0.29, 0.717) is 0 Å². The van der Waals surface area contributed by atoms with Gasteiger partial charge in [0.25, 0.3) is 0 Å². The van der Waals surface area contributed by atoms with Gasteiger partial charge in [0.1, 0.15) is 0 Å². The molecule has 0 aromatic rings. The van der Waals surface area contributed by atoms with Crippen LogP contribution in [0.25, 0.3) is 0 Å². The van der Waals surface area contributed by atoms with Crippen molar-refractivity contribution in [1.29, 1.82) is 0 Å². The van der Waals surface area contributed by atoms with Crippen molar-refractivity contribution in [3.63, 3.8) is 0 Å². The first-order chi connectivity index (χ1) is 1.41. The van der Waals surface area contributed by atoms with Crippen LogP contribution in [0.15, 0.2) is 0 Å². The van der Waals surface area contributed by atoms with E-state index >= 15 is 0 Å². The van der Waals surface area contributed by atoms with Gasteiger partial charge in [0.05, 0.1) is 0 Å². The molecule has 4 heteroatoms. The average molecular weight is 97.1 g/mol. The molecule has 0 saturated heterocycles. The van der Waals surface area contributed by atoms with Gasteiger partial charge in [-0.25, -0.2) is 0 Å². The molecule has 0 amide bonds. The molecule has 2 nitrogen and oxygen atoms in total. The number of hydrogen-bond acceptors (Lipinski definition) is 2. The van der Waals surface area contributed by atoms with Crippen LogP contribution in [0.1, 0.15) is 1.43 Å². The van der Waals surface area contributed by atoms with Crippen molar-refractivity contribution in [2.75, 3.05) is 0 Å². The van der Waals surface area contributed by atoms with Crippen LogP contribution in [0, 0.1) is 0 Å². The molecule has 0 N–H and O–H groups in total. The fraction of sp³-hybridized carbons (Fsp3) is 0. The normalized spacial score (nSPS) is 2.00. The van der Waals surface area contributed by atoms with Gasteiger partial charge < -0.3 is 13.5 Å². The van der Waals surface area contributed by atoms with Crippen LogP contribution in [-0.4, -0.2) is 0 Å². The second kappa shape index (κ2) is 10.3. The maximum Gasteiger partial charge on any atom is 1.00 e. The Morgan fingerprint density at radius 3 is 1.50 bits per heavy atom. The summed E-state index contributed by atoms with van der Waals surface area (Å²) in [6, 6.07) is 0. The molecule has 0 atom stereocenters. The summed E-state index contributed by atoms with van der Waals surface area (Å²) in [7, 11) is 0. The molecule has 0 fully saturated rings. The van der Waals surface area contributed by atoms with Crippen LogP contribution < -0.4 is 0 Å². The maximum absolute atomic E-state index is 8.29. The average Bonchev–Trinajstić information content (AvgIpc) is 0.918. The third-order valence-electron chi connectivity index (χ3n) is 0. The minimum absolute atomic E-state index is 0. The molecule has 0 aliphatic rings. The first kappa shape index (κ1) is 8.85. The molecule has 0 aliphatic carbocycles. The summed E-state index contributed by atoms with van der Waals surface area (Å²) in [5, 5.41) is 0. The summed E-state index contributed by atoms with van der Waals surface area (Å²) in [6.07, 6.45) is 0. The Kier molecular flexibility index (Phi) is 22.9. The van der Waals surface area contributed by atoms with Crippen molar-refractivity contribution >= 4 is 25.1 Å². The molecule has 0 aromatic carbocycles. The molecule has 0 aromatic heterocycles. The van der Waals surface area contributed by atoms with Crippen molar-refractivity contribution in [1.82, 2.24) is 0 Å². The zero-order valence-electron chi connectivity index (χ0n) is 2.63. The topological polar surface area (TPSA) is 34.1 Å². The van der Waals surface area contributed by atoms with E-state index in [0.717, 1.165) is 0 Å². The van der Waals surface area contributed by atoms with Gasteiger partial charge in [0.2, 0.25) is 0 Å². The van der Waals surface area contributed by atoms with Crippen LogP contribution in [0.5, 0.6) is 0 Å². The first-order valence-electron chi connectivity index (χ1n) is 0.333.